The first-order valence-corrected chi connectivity index (χ1v) is 40.3. The molecule has 1 aliphatic rings. The van der Waals surface area contributed by atoms with Crippen LogP contribution in [0.15, 0.2) is 172 Å². The first kappa shape index (κ1) is 82.3. The molecule has 4 amide bonds. The van der Waals surface area contributed by atoms with E-state index in [2.05, 4.69) is 80.4 Å². The molecule has 118 heavy (non-hydrogen) atoms. The van der Waals surface area contributed by atoms with E-state index in [1.807, 2.05) is 121 Å². The Labute approximate surface area is 691 Å². The Hall–Kier alpha value is -13.7. The molecule has 1 fully saturated rings. The van der Waals surface area contributed by atoms with Crippen molar-refractivity contribution in [1.29, 1.82) is 0 Å². The largest absolute Gasteiger partial charge is 0.495 e. The Morgan fingerprint density at radius 2 is 0.831 bits per heavy atom. The molecule has 26 nitrogen and oxygen atoms in total. The van der Waals surface area contributed by atoms with Gasteiger partial charge in [-0.3, -0.25) is 54.0 Å². The third-order valence-electron chi connectivity index (χ3n) is 18.7. The summed E-state index contributed by atoms with van der Waals surface area (Å²) in [6.45, 7) is 7.07. The van der Waals surface area contributed by atoms with E-state index in [0.717, 1.165) is 71.1 Å². The normalized spacial score (nSPS) is 12.2. The summed E-state index contributed by atoms with van der Waals surface area (Å²) in [4.78, 5) is 91.7. The number of rotatable bonds is 27. The van der Waals surface area contributed by atoms with Gasteiger partial charge in [0.1, 0.15) is 34.5 Å². The van der Waals surface area contributed by atoms with Crippen LogP contribution in [-0.2, 0) is 13.1 Å². The SMILES string of the molecule is COc1c(C(=O)NC2CC2)ccc2n[nH]c(/C=C/c3ccc(C(C)=O)s3)c12.COc1c(C(=O)NCc2ccco2)ccc2n[nH]c(/C=C/c3ccc(C(C)=O)s3)c12.COc1c(C(=O)NCc2ccco2)ccc2n[nH]c(/C=C/c3sccc3C)c12.COc1c(C(=O)N[C@H](CO)c2ccccc2)ccc2n[nH]c(/C=C/c3ccc(C(C)=O)s3)c12. The summed E-state index contributed by atoms with van der Waals surface area (Å²) in [5.41, 5.74) is 9.45. The van der Waals surface area contributed by atoms with Crippen LogP contribution < -0.4 is 40.2 Å². The lowest BCUT2D eigenvalue weighted by Gasteiger charge is -2.18. The maximum absolute atomic E-state index is 13.1. The highest BCUT2D eigenvalue weighted by Gasteiger charge is 2.28. The van der Waals surface area contributed by atoms with Crippen molar-refractivity contribution in [3.05, 3.63) is 265 Å². The highest BCUT2D eigenvalue weighted by molar-refractivity contribution is 7.15. The minimum Gasteiger partial charge on any atom is -0.495 e. The zero-order valence-electron chi connectivity index (χ0n) is 65.1. The number of ether oxygens (including phenoxy) is 4. The van der Waals surface area contributed by atoms with Gasteiger partial charge in [0, 0.05) is 25.6 Å². The number of H-pyrrole nitrogens is 4. The number of methoxy groups -OCH3 is 4. The maximum atomic E-state index is 13.1. The van der Waals surface area contributed by atoms with E-state index in [0.29, 0.717) is 106 Å². The highest BCUT2D eigenvalue weighted by atomic mass is 32.1. The number of thiophene rings is 4. The molecule has 0 bridgehead atoms. The second kappa shape index (κ2) is 38.2. The van der Waals surface area contributed by atoms with Gasteiger partial charge in [-0.1, -0.05) is 30.3 Å². The number of hydrogen-bond donors (Lipinski definition) is 9. The van der Waals surface area contributed by atoms with E-state index in [1.54, 1.807) is 119 Å². The first-order valence-electron chi connectivity index (χ1n) is 37.0. The van der Waals surface area contributed by atoms with Crippen LogP contribution in [-0.4, -0.2) is 128 Å². The van der Waals surface area contributed by atoms with Crippen molar-refractivity contribution in [3.63, 3.8) is 0 Å². The standard InChI is InChI=1S/C25H23N3O4S.C22H19N3O4S.C21H19N3O3S.C20H19N3O3S/c1-15(30)22-13-9-17(33-22)8-11-19-23-20(28-27-19)12-10-18(24(23)32-2)25(31)26-21(14-29)16-6-4-3-5-7-16;1-13(26)19-10-6-15(30-19)5-8-17-20-18(25-24-17)9-7-16(21(20)28-2)22(27)23-12-14-4-3-11-29-14;1-13-9-11-28-18(13)8-7-17-19-16(23-24-17)6-5-15(20(19)26-2)21(25)22-12-14-4-3-10-27-14;1-11(24)17-10-6-13(27-17)5-8-15-18-16(23-22-15)9-7-14(19(18)26-2)20(25)21-12-3-4-12/h3-13,21,29H,14H2,1-2H3,(H,26,31)(H,27,28);3-11H,12H2,1-2H3,(H,23,27)(H,24,25);3-11H,12H2,1-2H3,(H,22,25)(H,23,24);5-10,12H,3-4H2,1-2H3,(H,21,25)(H,22,23)/b11-8+;8-5+;8-7+;8-5+/t21-;;;/m1.../s1. The lowest BCUT2D eigenvalue weighted by atomic mass is 10.0. The molecule has 30 heteroatoms. The molecule has 0 aliphatic heterocycles. The Morgan fingerprint density at radius 3 is 1.15 bits per heavy atom. The minimum atomic E-state index is -0.544. The second-order valence-electron chi connectivity index (χ2n) is 26.7. The number of benzene rings is 5. The summed E-state index contributed by atoms with van der Waals surface area (Å²) >= 11 is 5.93. The molecule has 9 N–H and O–H groups in total. The second-order valence-corrected chi connectivity index (χ2v) is 31.0. The molecule has 0 radical (unpaired) electrons. The molecule has 600 valence electrons. The number of aromatic nitrogens is 8. The van der Waals surface area contributed by atoms with Crippen molar-refractivity contribution in [2.45, 2.75) is 65.7 Å². The number of fused-ring (bicyclic) bond motifs is 4. The van der Waals surface area contributed by atoms with Crippen molar-refractivity contribution in [2.24, 2.45) is 0 Å². The number of amides is 4. The summed E-state index contributed by atoms with van der Waals surface area (Å²) in [6, 6.07) is 43.3. The predicted octanol–water partition coefficient (Wildman–Crippen LogP) is 17.5. The van der Waals surface area contributed by atoms with Crippen LogP contribution in [0.2, 0.25) is 0 Å². The number of hydrogen-bond acceptors (Lipinski definition) is 22. The van der Waals surface area contributed by atoms with Crippen LogP contribution >= 0.6 is 45.3 Å². The molecular weight excluding hydrogens is 1580 g/mol. The number of aliphatic hydroxyl groups excluding tert-OH is 1. The number of carbonyl (C=O) groups excluding carboxylic acids is 7. The lowest BCUT2D eigenvalue weighted by Crippen LogP contribution is -2.31. The van der Waals surface area contributed by atoms with E-state index in [9.17, 15) is 38.7 Å². The molecule has 10 aromatic heterocycles. The number of aliphatic hydroxyl groups is 1. The van der Waals surface area contributed by atoms with E-state index in [1.165, 1.54) is 65.6 Å². The van der Waals surface area contributed by atoms with Crippen LogP contribution in [0.4, 0.5) is 0 Å². The van der Waals surface area contributed by atoms with E-state index in [-0.39, 0.29) is 60.2 Å². The molecule has 5 aromatic carbocycles. The van der Waals surface area contributed by atoms with Gasteiger partial charge in [-0.15, -0.1) is 45.3 Å². The summed E-state index contributed by atoms with van der Waals surface area (Å²) in [7, 11) is 6.14. The van der Waals surface area contributed by atoms with Crippen molar-refractivity contribution < 1.29 is 66.5 Å². The van der Waals surface area contributed by atoms with Crippen molar-refractivity contribution >= 4 is 179 Å². The minimum absolute atomic E-state index is 0.0284. The molecule has 1 atom stereocenters. The molecule has 0 saturated heterocycles. The summed E-state index contributed by atoms with van der Waals surface area (Å²) in [5, 5.41) is 55.6. The third-order valence-corrected chi connectivity index (χ3v) is 23.1. The molecule has 1 aliphatic carbocycles. The van der Waals surface area contributed by atoms with Gasteiger partial charge >= 0.3 is 0 Å². The Morgan fingerprint density at radius 1 is 0.458 bits per heavy atom. The zero-order valence-corrected chi connectivity index (χ0v) is 68.3. The summed E-state index contributed by atoms with van der Waals surface area (Å²) in [5.74, 6) is 2.30. The Balaban J connectivity index is 0.000000137. The Kier molecular flexibility index (Phi) is 26.7. The number of nitrogens with one attached hydrogen (secondary N) is 8. The fourth-order valence-electron chi connectivity index (χ4n) is 12.6. The number of ketones is 3. The van der Waals surface area contributed by atoms with Gasteiger partial charge in [-0.2, -0.15) is 20.4 Å². The fourth-order valence-corrected chi connectivity index (χ4v) is 15.8. The summed E-state index contributed by atoms with van der Waals surface area (Å²) < 4.78 is 32.9. The molecule has 0 unspecified atom stereocenters. The monoisotopic (exact) mass is 1660 g/mol. The predicted molar refractivity (Wildman–Crippen MR) is 462 cm³/mol. The first-order chi connectivity index (χ1) is 57.3. The van der Waals surface area contributed by atoms with Crippen LogP contribution in [0, 0.1) is 6.92 Å². The fraction of sp³-hybridized carbons (Fsp3) is 0.170. The molecule has 1 saturated carbocycles. The molecular formula is C88H80N12O14S4. The van der Waals surface area contributed by atoms with Crippen LogP contribution in [0.1, 0.15) is 175 Å². The molecule has 10 heterocycles. The average molecular weight is 1660 g/mol. The van der Waals surface area contributed by atoms with E-state index >= 15 is 0 Å². The van der Waals surface area contributed by atoms with Gasteiger partial charge in [0.2, 0.25) is 0 Å². The highest BCUT2D eigenvalue weighted by Crippen LogP contribution is 2.38. The lowest BCUT2D eigenvalue weighted by molar-refractivity contribution is 0.0909. The number of Topliss-reactive ketones (excluding diaryl/α,β-unsaturated/α-hetero) is 3. The number of carbonyl (C=O) groups is 7. The summed E-state index contributed by atoms with van der Waals surface area (Å²) in [6.07, 6.45) is 20.5. The van der Waals surface area contributed by atoms with Gasteiger partial charge in [0.05, 0.1) is 170 Å². The van der Waals surface area contributed by atoms with Gasteiger partial charge in [-0.25, -0.2) is 0 Å². The van der Waals surface area contributed by atoms with Gasteiger partial charge in [0.15, 0.2) is 17.3 Å². The molecule has 0 spiro atoms. The smallest absolute Gasteiger partial charge is 0.255 e. The maximum Gasteiger partial charge on any atom is 0.255 e. The number of aromatic amines is 4. The van der Waals surface area contributed by atoms with Crippen LogP contribution in [0.3, 0.4) is 0 Å². The van der Waals surface area contributed by atoms with Crippen molar-refractivity contribution in [1.82, 2.24) is 62.1 Å². The zero-order chi connectivity index (χ0) is 82.9. The Bertz CT molecular complexity index is 6260. The van der Waals surface area contributed by atoms with Crippen LogP contribution in [0.25, 0.3) is 92.2 Å². The van der Waals surface area contributed by atoms with Gasteiger partial charge < -0.3 is 54.2 Å². The van der Waals surface area contributed by atoms with E-state index < -0.39 is 6.04 Å². The number of nitrogens with zero attached hydrogens (tertiary/aromatic N) is 4. The molecule has 15 aromatic rings. The number of furan rings is 2. The topological polar surface area (TPSA) is 366 Å². The number of aryl methyl sites for hydroxylation is 1. The quantitative estimate of drug-likeness (QED) is 0.0216. The average Bonchev–Trinajstić information content (AvgIpc) is 1.62. The molecule has 16 rings (SSSR count). The van der Waals surface area contributed by atoms with Crippen molar-refractivity contribution in [3.8, 4) is 23.0 Å². The van der Waals surface area contributed by atoms with E-state index in [4.69, 9.17) is 27.8 Å². The van der Waals surface area contributed by atoms with Crippen LogP contribution in [0.5, 0.6) is 23.0 Å². The van der Waals surface area contributed by atoms with Gasteiger partial charge in [0.25, 0.3) is 23.6 Å². The van der Waals surface area contributed by atoms with Crippen molar-refractivity contribution in [2.75, 3.05) is 35.0 Å². The third kappa shape index (κ3) is 19.5. The van der Waals surface area contributed by atoms with Gasteiger partial charge in [-0.05, 0) is 221 Å².